The number of hydrogen-bond acceptors (Lipinski definition) is 5. The molecule has 1 heterocycles. The Morgan fingerprint density at radius 3 is 2.41 bits per heavy atom. The van der Waals surface area contributed by atoms with E-state index in [2.05, 4.69) is 39.4 Å². The Bertz CT molecular complexity index is 1130. The van der Waals surface area contributed by atoms with Gasteiger partial charge in [0.25, 0.3) is 0 Å². The van der Waals surface area contributed by atoms with Gasteiger partial charge in [-0.2, -0.15) is 5.10 Å². The number of H-pyrrole nitrogens is 1. The van der Waals surface area contributed by atoms with Gasteiger partial charge in [0.1, 0.15) is 11.5 Å². The number of phenolic OH excluding ortho intramolecular Hbond substituents is 2. The molecule has 0 aliphatic carbocycles. The monoisotopic (exact) mass is 403 g/mol. The highest BCUT2D eigenvalue weighted by molar-refractivity contribution is 7.98. The summed E-state index contributed by atoms with van der Waals surface area (Å²) in [4.78, 5) is 4.52. The standard InChI is InChI=1S/C23H21N3O2S/c1-2-15-12-19(21(28)13-20(15)27)22-24-23(26-25-22)29-14-17-10-6-7-11-18(17)16-8-4-3-5-9-16/h3-13,27-28H,2,14H2,1H3,(H,24,25,26). The molecule has 4 aromatic rings. The number of benzene rings is 3. The Balaban J connectivity index is 1.55. The third-order valence-electron chi connectivity index (χ3n) is 4.75. The van der Waals surface area contributed by atoms with Crippen LogP contribution in [-0.4, -0.2) is 25.4 Å². The Kier molecular flexibility index (Phi) is 5.53. The molecule has 29 heavy (non-hydrogen) atoms. The van der Waals surface area contributed by atoms with Crippen molar-refractivity contribution < 1.29 is 10.2 Å². The Labute approximate surface area is 173 Å². The van der Waals surface area contributed by atoms with Crippen LogP contribution in [0, 0.1) is 0 Å². The number of aromatic amines is 1. The minimum atomic E-state index is -0.0373. The molecular formula is C23H21N3O2S. The second-order valence-corrected chi connectivity index (χ2v) is 7.59. The van der Waals surface area contributed by atoms with Crippen LogP contribution in [0.5, 0.6) is 11.5 Å². The molecule has 0 saturated carbocycles. The van der Waals surface area contributed by atoms with Crippen molar-refractivity contribution in [2.24, 2.45) is 0 Å². The molecule has 0 aliphatic heterocycles. The smallest absolute Gasteiger partial charge is 0.185 e. The molecule has 0 radical (unpaired) electrons. The maximum atomic E-state index is 10.2. The van der Waals surface area contributed by atoms with Gasteiger partial charge >= 0.3 is 0 Å². The van der Waals surface area contributed by atoms with E-state index in [1.54, 1.807) is 17.8 Å². The molecule has 3 aromatic carbocycles. The second kappa shape index (κ2) is 8.41. The first-order valence-corrected chi connectivity index (χ1v) is 10.4. The molecule has 0 amide bonds. The quantitative estimate of drug-likeness (QED) is 0.375. The average molecular weight is 404 g/mol. The number of aromatic nitrogens is 3. The molecule has 0 saturated heterocycles. The fourth-order valence-corrected chi connectivity index (χ4v) is 4.01. The molecule has 0 bridgehead atoms. The zero-order valence-corrected chi connectivity index (χ0v) is 16.8. The second-order valence-electron chi connectivity index (χ2n) is 6.63. The van der Waals surface area contributed by atoms with E-state index in [0.717, 1.165) is 11.3 Å². The zero-order chi connectivity index (χ0) is 20.2. The number of rotatable bonds is 6. The summed E-state index contributed by atoms with van der Waals surface area (Å²) in [5, 5.41) is 27.9. The maximum absolute atomic E-state index is 10.2. The molecule has 0 fully saturated rings. The SMILES string of the molecule is CCc1cc(-c2n[nH]c(SCc3ccccc3-c3ccccc3)n2)c(O)cc1O. The Morgan fingerprint density at radius 2 is 1.62 bits per heavy atom. The predicted octanol–water partition coefficient (Wildman–Crippen LogP) is 5.40. The summed E-state index contributed by atoms with van der Waals surface area (Å²) < 4.78 is 0. The number of nitrogens with one attached hydrogen (secondary N) is 1. The van der Waals surface area contributed by atoms with Crippen LogP contribution in [0.3, 0.4) is 0 Å². The number of nitrogens with zero attached hydrogens (tertiary/aromatic N) is 2. The van der Waals surface area contributed by atoms with Gasteiger partial charge < -0.3 is 10.2 Å². The van der Waals surface area contributed by atoms with E-state index >= 15 is 0 Å². The number of aryl methyl sites for hydroxylation is 1. The van der Waals surface area contributed by atoms with Crippen LogP contribution in [0.15, 0.2) is 71.9 Å². The van der Waals surface area contributed by atoms with Crippen LogP contribution in [0.4, 0.5) is 0 Å². The van der Waals surface area contributed by atoms with E-state index < -0.39 is 0 Å². The number of thioether (sulfide) groups is 1. The van der Waals surface area contributed by atoms with Gasteiger partial charge in [0.2, 0.25) is 0 Å². The first-order chi connectivity index (χ1) is 14.2. The average Bonchev–Trinajstić information content (AvgIpc) is 3.22. The van der Waals surface area contributed by atoms with Gasteiger partial charge in [0.15, 0.2) is 11.0 Å². The van der Waals surface area contributed by atoms with Crippen molar-refractivity contribution in [1.29, 1.82) is 0 Å². The van der Waals surface area contributed by atoms with E-state index in [1.807, 2.05) is 37.3 Å². The molecule has 0 unspecified atom stereocenters. The third kappa shape index (κ3) is 4.12. The topological polar surface area (TPSA) is 82.0 Å². The van der Waals surface area contributed by atoms with Gasteiger partial charge in [0.05, 0.1) is 5.56 Å². The minimum Gasteiger partial charge on any atom is -0.508 e. The van der Waals surface area contributed by atoms with Crippen LogP contribution in [0.1, 0.15) is 18.1 Å². The highest BCUT2D eigenvalue weighted by atomic mass is 32.2. The largest absolute Gasteiger partial charge is 0.508 e. The fraction of sp³-hybridized carbons (Fsp3) is 0.130. The lowest BCUT2D eigenvalue weighted by Gasteiger charge is -2.08. The van der Waals surface area contributed by atoms with Crippen molar-refractivity contribution in [3.05, 3.63) is 77.9 Å². The lowest BCUT2D eigenvalue weighted by atomic mass is 10.0. The number of hydrogen-bond donors (Lipinski definition) is 3. The Morgan fingerprint density at radius 1 is 0.862 bits per heavy atom. The molecule has 1 aromatic heterocycles. The fourth-order valence-electron chi connectivity index (χ4n) is 3.21. The van der Waals surface area contributed by atoms with Crippen molar-refractivity contribution in [3.63, 3.8) is 0 Å². The molecule has 5 nitrogen and oxygen atoms in total. The van der Waals surface area contributed by atoms with Crippen molar-refractivity contribution in [3.8, 4) is 34.0 Å². The molecule has 0 aliphatic rings. The molecule has 3 N–H and O–H groups in total. The van der Waals surface area contributed by atoms with Crippen LogP contribution < -0.4 is 0 Å². The van der Waals surface area contributed by atoms with Gasteiger partial charge in [0, 0.05) is 11.8 Å². The molecule has 0 spiro atoms. The molecular weight excluding hydrogens is 382 g/mol. The number of phenols is 2. The zero-order valence-electron chi connectivity index (χ0n) is 16.0. The first kappa shape index (κ1) is 19.1. The summed E-state index contributed by atoms with van der Waals surface area (Å²) in [6.07, 6.45) is 0.654. The molecule has 146 valence electrons. The minimum absolute atomic E-state index is 0.0373. The highest BCUT2D eigenvalue weighted by Crippen LogP contribution is 2.35. The van der Waals surface area contributed by atoms with Crippen LogP contribution in [0.2, 0.25) is 0 Å². The van der Waals surface area contributed by atoms with Crippen molar-refractivity contribution in [2.75, 3.05) is 0 Å². The van der Waals surface area contributed by atoms with Crippen molar-refractivity contribution in [2.45, 2.75) is 24.3 Å². The van der Waals surface area contributed by atoms with Gasteiger partial charge in [-0.05, 0) is 34.7 Å². The lowest BCUT2D eigenvalue weighted by Crippen LogP contribution is -1.88. The van der Waals surface area contributed by atoms with Gasteiger partial charge in [-0.25, -0.2) is 4.98 Å². The Hall–Kier alpha value is -3.25. The van der Waals surface area contributed by atoms with E-state index in [9.17, 15) is 10.2 Å². The predicted molar refractivity (Wildman–Crippen MR) is 116 cm³/mol. The summed E-state index contributed by atoms with van der Waals surface area (Å²) in [7, 11) is 0. The summed E-state index contributed by atoms with van der Waals surface area (Å²) in [5.74, 6) is 1.19. The molecule has 0 atom stereocenters. The van der Waals surface area contributed by atoms with Crippen LogP contribution in [-0.2, 0) is 12.2 Å². The maximum Gasteiger partial charge on any atom is 0.185 e. The number of aromatic hydroxyl groups is 2. The van der Waals surface area contributed by atoms with E-state index in [1.165, 1.54) is 22.8 Å². The summed E-state index contributed by atoms with van der Waals surface area (Å²) in [5.41, 5.74) is 4.84. The summed E-state index contributed by atoms with van der Waals surface area (Å²) in [6, 6.07) is 21.7. The van der Waals surface area contributed by atoms with E-state index in [4.69, 9.17) is 0 Å². The van der Waals surface area contributed by atoms with Gasteiger partial charge in [-0.15, -0.1) is 0 Å². The normalized spacial score (nSPS) is 10.9. The summed E-state index contributed by atoms with van der Waals surface area (Å²) >= 11 is 1.56. The molecule has 6 heteroatoms. The molecule has 4 rings (SSSR count). The van der Waals surface area contributed by atoms with E-state index in [-0.39, 0.29) is 11.5 Å². The first-order valence-electron chi connectivity index (χ1n) is 9.39. The van der Waals surface area contributed by atoms with Crippen molar-refractivity contribution >= 4 is 11.8 Å². The van der Waals surface area contributed by atoms with Crippen molar-refractivity contribution in [1.82, 2.24) is 15.2 Å². The lowest BCUT2D eigenvalue weighted by molar-refractivity contribution is 0.447. The summed E-state index contributed by atoms with van der Waals surface area (Å²) in [6.45, 7) is 1.94. The van der Waals surface area contributed by atoms with Crippen LogP contribution >= 0.6 is 11.8 Å². The van der Waals surface area contributed by atoms with E-state index in [0.29, 0.717) is 23.0 Å². The highest BCUT2D eigenvalue weighted by Gasteiger charge is 2.14. The van der Waals surface area contributed by atoms with Gasteiger partial charge in [-0.3, -0.25) is 5.10 Å². The third-order valence-corrected chi connectivity index (χ3v) is 5.66. The van der Waals surface area contributed by atoms with Gasteiger partial charge in [-0.1, -0.05) is 73.3 Å². The van der Waals surface area contributed by atoms with Crippen LogP contribution in [0.25, 0.3) is 22.5 Å².